The predicted octanol–water partition coefficient (Wildman–Crippen LogP) is 2.54. The molecule has 0 amide bonds. The van der Waals surface area contributed by atoms with Gasteiger partial charge in [0.15, 0.2) is 0 Å². The number of hydrogen-bond acceptors (Lipinski definition) is 0. The summed E-state index contributed by atoms with van der Waals surface area (Å²) in [7, 11) is 0. The lowest BCUT2D eigenvalue weighted by Crippen LogP contribution is -2.70. The summed E-state index contributed by atoms with van der Waals surface area (Å²) in [6.07, 6.45) is 6.71. The minimum Gasteiger partial charge on any atom is -0.0465 e. The van der Waals surface area contributed by atoms with Crippen LogP contribution in [0.5, 0.6) is 0 Å². The third-order valence-electron chi connectivity index (χ3n) is 6.58. The van der Waals surface area contributed by atoms with Crippen LogP contribution >= 0.6 is 0 Å². The van der Waals surface area contributed by atoms with E-state index in [1.165, 1.54) is 47.3 Å². The summed E-state index contributed by atoms with van der Waals surface area (Å²) < 4.78 is 0. The van der Waals surface area contributed by atoms with Crippen LogP contribution in [0.3, 0.4) is 0 Å². The molecule has 6 saturated carbocycles. The summed E-state index contributed by atoms with van der Waals surface area (Å²) in [4.78, 5) is 0. The first-order valence-corrected chi connectivity index (χ1v) is 5.93. The van der Waals surface area contributed by atoms with Gasteiger partial charge in [-0.05, 0) is 73.0 Å². The normalized spacial score (nSPS) is 80.0. The Labute approximate surface area is 73.7 Å². The molecule has 0 radical (unpaired) electrons. The van der Waals surface area contributed by atoms with E-state index < -0.39 is 0 Å². The molecule has 0 heterocycles. The minimum absolute atomic E-state index is 1.24. The van der Waals surface area contributed by atoms with E-state index >= 15 is 0 Å². The van der Waals surface area contributed by atoms with Crippen LogP contribution < -0.4 is 0 Å². The van der Waals surface area contributed by atoms with Crippen molar-refractivity contribution in [2.75, 3.05) is 0 Å². The van der Waals surface area contributed by atoms with E-state index in [-0.39, 0.29) is 0 Å². The molecule has 12 heavy (non-hydrogen) atoms. The van der Waals surface area contributed by atoms with Crippen molar-refractivity contribution >= 4 is 0 Å². The maximum absolute atomic E-state index is 1.68. The smallest absolute Gasteiger partial charge is 0.0349 e. The van der Waals surface area contributed by atoms with Crippen molar-refractivity contribution in [3.8, 4) is 0 Å². The molecule has 0 aromatic heterocycles. The van der Waals surface area contributed by atoms with Gasteiger partial charge >= 0.3 is 0 Å². The van der Waals surface area contributed by atoms with Crippen LogP contribution in [0, 0.1) is 47.3 Å². The molecule has 0 N–H and O–H groups in total. The Bertz CT molecular complexity index is 173. The van der Waals surface area contributed by atoms with Crippen molar-refractivity contribution in [2.24, 2.45) is 47.3 Å². The van der Waals surface area contributed by atoms with E-state index in [9.17, 15) is 0 Å². The van der Waals surface area contributed by atoms with E-state index in [1.54, 1.807) is 25.7 Å². The van der Waals surface area contributed by atoms with Crippen molar-refractivity contribution in [2.45, 2.75) is 25.7 Å². The van der Waals surface area contributed by atoms with Gasteiger partial charge in [-0.25, -0.2) is 0 Å². The third-order valence-corrected chi connectivity index (χ3v) is 6.58. The zero-order valence-electron chi connectivity index (χ0n) is 7.45. The van der Waals surface area contributed by atoms with Crippen molar-refractivity contribution in [3.05, 3.63) is 0 Å². The molecule has 6 aliphatic rings. The molecule has 0 unspecified atom stereocenters. The van der Waals surface area contributed by atoms with Crippen LogP contribution in [-0.4, -0.2) is 0 Å². The number of hydrogen-bond donors (Lipinski definition) is 0. The van der Waals surface area contributed by atoms with Crippen LogP contribution in [0.15, 0.2) is 0 Å². The molecular formula is C12H16. The molecule has 0 heteroatoms. The first-order valence-electron chi connectivity index (χ1n) is 5.93. The fourth-order valence-electron chi connectivity index (χ4n) is 6.30. The molecule has 0 atom stereocenters. The van der Waals surface area contributed by atoms with Gasteiger partial charge < -0.3 is 0 Å². The van der Waals surface area contributed by atoms with E-state index in [4.69, 9.17) is 0 Å². The molecule has 0 aromatic carbocycles. The predicted molar refractivity (Wildman–Crippen MR) is 46.4 cm³/mol. The highest BCUT2D eigenvalue weighted by Crippen LogP contribution is 2.77. The first-order chi connectivity index (χ1) is 5.93. The standard InChI is InChI=1S/C12H16/c1-5-7-2-8-6(1)10-3-9(5)11(7)4-12(8)10/h5-12H,1-4H2. The Morgan fingerprint density at radius 2 is 0.500 bits per heavy atom. The van der Waals surface area contributed by atoms with Gasteiger partial charge in [0, 0.05) is 0 Å². The summed E-state index contributed by atoms with van der Waals surface area (Å²) in [5, 5.41) is 0. The molecule has 0 saturated heterocycles. The second-order valence-corrected chi connectivity index (χ2v) is 6.25. The Kier molecular flexibility index (Phi) is 0.663. The second-order valence-electron chi connectivity index (χ2n) is 6.25. The minimum atomic E-state index is 1.24. The van der Waals surface area contributed by atoms with E-state index in [1.807, 2.05) is 0 Å². The maximum atomic E-state index is 1.68. The van der Waals surface area contributed by atoms with Crippen molar-refractivity contribution in [1.29, 1.82) is 0 Å². The van der Waals surface area contributed by atoms with E-state index in [0.717, 1.165) is 0 Å². The van der Waals surface area contributed by atoms with Crippen LogP contribution in [0.25, 0.3) is 0 Å². The molecular weight excluding hydrogens is 144 g/mol. The van der Waals surface area contributed by atoms with Gasteiger partial charge in [-0.1, -0.05) is 0 Å². The van der Waals surface area contributed by atoms with Gasteiger partial charge in [0.25, 0.3) is 0 Å². The highest BCUT2D eigenvalue weighted by Gasteiger charge is 2.70. The Balaban J connectivity index is 1.74. The Morgan fingerprint density at radius 1 is 0.333 bits per heavy atom. The average Bonchev–Trinajstić information content (AvgIpc) is 1.98. The van der Waals surface area contributed by atoms with Crippen LogP contribution in [-0.2, 0) is 0 Å². The molecule has 6 fully saturated rings. The topological polar surface area (TPSA) is 0 Å². The molecule has 8 bridgehead atoms. The van der Waals surface area contributed by atoms with Crippen molar-refractivity contribution in [3.63, 3.8) is 0 Å². The highest BCUT2D eigenvalue weighted by atomic mass is 14.8. The lowest BCUT2D eigenvalue weighted by Gasteiger charge is -2.77. The zero-order valence-corrected chi connectivity index (χ0v) is 7.45. The second kappa shape index (κ2) is 1.40. The van der Waals surface area contributed by atoms with Crippen molar-refractivity contribution in [1.82, 2.24) is 0 Å². The lowest BCUT2D eigenvalue weighted by atomic mass is 9.28. The lowest BCUT2D eigenvalue weighted by molar-refractivity contribution is -0.283. The summed E-state index contributed by atoms with van der Waals surface area (Å²) in [6, 6.07) is 0. The molecule has 0 aromatic rings. The van der Waals surface area contributed by atoms with Gasteiger partial charge in [-0.3, -0.25) is 0 Å². The zero-order chi connectivity index (χ0) is 7.45. The summed E-state index contributed by atoms with van der Waals surface area (Å²) in [5.41, 5.74) is 0. The summed E-state index contributed by atoms with van der Waals surface area (Å²) >= 11 is 0. The molecule has 6 aliphatic carbocycles. The van der Waals surface area contributed by atoms with Crippen LogP contribution in [0.4, 0.5) is 0 Å². The molecule has 64 valence electrons. The summed E-state index contributed by atoms with van der Waals surface area (Å²) in [6.45, 7) is 0. The Hall–Kier alpha value is 0. The molecule has 0 nitrogen and oxygen atoms in total. The fraction of sp³-hybridized carbons (Fsp3) is 1.00. The molecule has 6 rings (SSSR count). The van der Waals surface area contributed by atoms with Crippen molar-refractivity contribution < 1.29 is 0 Å². The van der Waals surface area contributed by atoms with Gasteiger partial charge in [0.1, 0.15) is 0 Å². The number of rotatable bonds is 0. The first kappa shape index (κ1) is 5.67. The molecule has 0 spiro atoms. The van der Waals surface area contributed by atoms with Crippen LogP contribution in [0.2, 0.25) is 0 Å². The SMILES string of the molecule is C1C2C3CC4C1C1CC2C3CC41. The monoisotopic (exact) mass is 160 g/mol. The summed E-state index contributed by atoms with van der Waals surface area (Å²) in [5.74, 6) is 9.95. The highest BCUT2D eigenvalue weighted by molar-refractivity contribution is 5.19. The van der Waals surface area contributed by atoms with E-state index in [2.05, 4.69) is 0 Å². The van der Waals surface area contributed by atoms with Crippen LogP contribution in [0.1, 0.15) is 25.7 Å². The fourth-order valence-corrected chi connectivity index (χ4v) is 6.30. The quantitative estimate of drug-likeness (QED) is 0.511. The maximum Gasteiger partial charge on any atom is -0.0349 e. The molecule has 0 aliphatic heterocycles. The largest absolute Gasteiger partial charge is 0.0465 e. The van der Waals surface area contributed by atoms with Gasteiger partial charge in [-0.15, -0.1) is 0 Å². The van der Waals surface area contributed by atoms with Gasteiger partial charge in [0.05, 0.1) is 0 Å². The van der Waals surface area contributed by atoms with Gasteiger partial charge in [0.2, 0.25) is 0 Å². The third kappa shape index (κ3) is 0.352. The Morgan fingerprint density at radius 3 is 0.667 bits per heavy atom. The van der Waals surface area contributed by atoms with Gasteiger partial charge in [-0.2, -0.15) is 0 Å². The average molecular weight is 160 g/mol. The van der Waals surface area contributed by atoms with E-state index in [0.29, 0.717) is 0 Å².